The molecule has 0 radical (unpaired) electrons. The minimum atomic E-state index is 0.322. The summed E-state index contributed by atoms with van der Waals surface area (Å²) in [6, 6.07) is 7.02. The zero-order chi connectivity index (χ0) is 11.4. The fourth-order valence-electron chi connectivity index (χ4n) is 1.18. The highest BCUT2D eigenvalue weighted by Gasteiger charge is 2.03. The molecule has 0 bridgehead atoms. The molecular weight excluding hydrogens is 204 g/mol. The van der Waals surface area contributed by atoms with E-state index in [9.17, 15) is 0 Å². The summed E-state index contributed by atoms with van der Waals surface area (Å²) in [4.78, 5) is 12.2. The lowest BCUT2D eigenvalue weighted by Crippen LogP contribution is -1.94. The van der Waals surface area contributed by atoms with Gasteiger partial charge in [0.2, 0.25) is 0 Å². The van der Waals surface area contributed by atoms with Crippen LogP contribution in [0.15, 0.2) is 30.6 Å². The van der Waals surface area contributed by atoms with Crippen LogP contribution in [0, 0.1) is 11.3 Å². The molecular formula is C11H8N4O. The molecule has 0 fully saturated rings. The largest absolute Gasteiger partial charge is 0.495 e. The molecule has 0 aromatic carbocycles. The standard InChI is InChI=1S/C11H8N4O/c1-16-9-2-3-10(14-7-9)11-13-5-4-8(6-12)15-11/h2-5,7H,1H3. The summed E-state index contributed by atoms with van der Waals surface area (Å²) in [5, 5.41) is 8.71. The van der Waals surface area contributed by atoms with E-state index in [0.29, 0.717) is 23.0 Å². The first-order valence-electron chi connectivity index (χ1n) is 4.57. The van der Waals surface area contributed by atoms with Gasteiger partial charge in [-0.3, -0.25) is 0 Å². The summed E-state index contributed by atoms with van der Waals surface area (Å²) in [6.45, 7) is 0. The number of nitrogens with zero attached hydrogens (tertiary/aromatic N) is 4. The maximum atomic E-state index is 8.71. The lowest BCUT2D eigenvalue weighted by Gasteiger charge is -2.01. The summed E-state index contributed by atoms with van der Waals surface area (Å²) in [7, 11) is 1.57. The van der Waals surface area contributed by atoms with Crippen molar-refractivity contribution in [1.82, 2.24) is 15.0 Å². The molecule has 0 aliphatic rings. The van der Waals surface area contributed by atoms with E-state index in [0.717, 1.165) is 0 Å². The van der Waals surface area contributed by atoms with E-state index in [-0.39, 0.29) is 0 Å². The van der Waals surface area contributed by atoms with Crippen LogP contribution in [0.4, 0.5) is 0 Å². The monoisotopic (exact) mass is 212 g/mol. The van der Waals surface area contributed by atoms with Gasteiger partial charge >= 0.3 is 0 Å². The second kappa shape index (κ2) is 4.36. The molecule has 0 aliphatic heterocycles. The summed E-state index contributed by atoms with van der Waals surface area (Å²) >= 11 is 0. The van der Waals surface area contributed by atoms with Gasteiger partial charge in [-0.1, -0.05) is 0 Å². The molecule has 2 rings (SSSR count). The molecule has 0 spiro atoms. The van der Waals surface area contributed by atoms with Crippen molar-refractivity contribution in [3.8, 4) is 23.3 Å². The molecule has 0 atom stereocenters. The highest BCUT2D eigenvalue weighted by atomic mass is 16.5. The Kier molecular flexibility index (Phi) is 2.74. The van der Waals surface area contributed by atoms with E-state index in [1.807, 2.05) is 6.07 Å². The number of pyridine rings is 1. The van der Waals surface area contributed by atoms with Gasteiger partial charge in [0.1, 0.15) is 23.2 Å². The van der Waals surface area contributed by atoms with Crippen LogP contribution in [0.1, 0.15) is 5.69 Å². The average Bonchev–Trinajstić information content (AvgIpc) is 2.39. The van der Waals surface area contributed by atoms with Gasteiger partial charge in [-0.25, -0.2) is 15.0 Å². The molecule has 5 nitrogen and oxygen atoms in total. The van der Waals surface area contributed by atoms with E-state index in [1.165, 1.54) is 6.20 Å². The predicted octanol–water partition coefficient (Wildman–Crippen LogP) is 1.42. The Morgan fingerprint density at radius 2 is 2.12 bits per heavy atom. The van der Waals surface area contributed by atoms with Gasteiger partial charge in [0, 0.05) is 6.20 Å². The highest BCUT2D eigenvalue weighted by molar-refractivity contribution is 5.50. The minimum Gasteiger partial charge on any atom is -0.495 e. The third kappa shape index (κ3) is 1.96. The van der Waals surface area contributed by atoms with Gasteiger partial charge in [0.15, 0.2) is 5.82 Å². The lowest BCUT2D eigenvalue weighted by atomic mass is 10.3. The molecule has 0 aliphatic carbocycles. The van der Waals surface area contributed by atoms with Crippen LogP contribution in [0.2, 0.25) is 0 Å². The normalized spacial score (nSPS) is 9.50. The molecule has 0 N–H and O–H groups in total. The number of hydrogen-bond donors (Lipinski definition) is 0. The fourth-order valence-corrected chi connectivity index (χ4v) is 1.18. The van der Waals surface area contributed by atoms with Crippen LogP contribution in [-0.4, -0.2) is 22.1 Å². The fraction of sp³-hybridized carbons (Fsp3) is 0.0909. The third-order valence-electron chi connectivity index (χ3n) is 1.97. The summed E-state index contributed by atoms with van der Waals surface area (Å²) < 4.78 is 4.99. The Balaban J connectivity index is 2.39. The summed E-state index contributed by atoms with van der Waals surface area (Å²) in [6.07, 6.45) is 3.12. The number of rotatable bonds is 2. The maximum absolute atomic E-state index is 8.71. The number of ether oxygens (including phenoxy) is 1. The number of hydrogen-bond acceptors (Lipinski definition) is 5. The van der Waals surface area contributed by atoms with Gasteiger partial charge in [-0.2, -0.15) is 5.26 Å². The molecule has 2 aromatic rings. The molecule has 2 aromatic heterocycles. The van der Waals surface area contributed by atoms with E-state index < -0.39 is 0 Å². The predicted molar refractivity (Wildman–Crippen MR) is 56.5 cm³/mol. The molecule has 16 heavy (non-hydrogen) atoms. The van der Waals surface area contributed by atoms with Crippen LogP contribution >= 0.6 is 0 Å². The maximum Gasteiger partial charge on any atom is 0.179 e. The third-order valence-corrected chi connectivity index (χ3v) is 1.97. The van der Waals surface area contributed by atoms with Gasteiger partial charge in [0.25, 0.3) is 0 Å². The summed E-state index contributed by atoms with van der Waals surface area (Å²) in [5.41, 5.74) is 0.931. The lowest BCUT2D eigenvalue weighted by molar-refractivity contribution is 0.413. The number of aromatic nitrogens is 3. The van der Waals surface area contributed by atoms with Crippen LogP contribution in [0.5, 0.6) is 5.75 Å². The van der Waals surface area contributed by atoms with Crippen LogP contribution < -0.4 is 4.74 Å². The molecule has 5 heteroatoms. The molecule has 0 saturated carbocycles. The molecule has 78 valence electrons. The first-order chi connectivity index (χ1) is 7.83. The van der Waals surface area contributed by atoms with Gasteiger partial charge < -0.3 is 4.74 Å². The zero-order valence-corrected chi connectivity index (χ0v) is 8.58. The first-order valence-corrected chi connectivity index (χ1v) is 4.57. The Hall–Kier alpha value is -2.48. The topological polar surface area (TPSA) is 71.7 Å². The molecule has 0 amide bonds. The van der Waals surface area contributed by atoms with Crippen molar-refractivity contribution in [2.24, 2.45) is 0 Å². The molecule has 2 heterocycles. The van der Waals surface area contributed by atoms with Crippen molar-refractivity contribution in [2.75, 3.05) is 7.11 Å². The van der Waals surface area contributed by atoms with Crippen LogP contribution in [-0.2, 0) is 0 Å². The Morgan fingerprint density at radius 3 is 2.75 bits per heavy atom. The van der Waals surface area contributed by atoms with Crippen LogP contribution in [0.3, 0.4) is 0 Å². The second-order valence-electron chi connectivity index (χ2n) is 2.96. The minimum absolute atomic E-state index is 0.322. The van der Waals surface area contributed by atoms with Crippen molar-refractivity contribution in [1.29, 1.82) is 5.26 Å². The average molecular weight is 212 g/mol. The van der Waals surface area contributed by atoms with Crippen molar-refractivity contribution >= 4 is 0 Å². The first kappa shape index (κ1) is 10.1. The van der Waals surface area contributed by atoms with E-state index in [1.54, 1.807) is 31.5 Å². The smallest absolute Gasteiger partial charge is 0.179 e. The Labute approximate surface area is 92.4 Å². The van der Waals surface area contributed by atoms with Crippen molar-refractivity contribution in [2.45, 2.75) is 0 Å². The summed E-state index contributed by atoms with van der Waals surface area (Å²) in [5.74, 6) is 1.10. The molecule has 0 saturated heterocycles. The van der Waals surface area contributed by atoms with Crippen molar-refractivity contribution < 1.29 is 4.74 Å². The SMILES string of the molecule is COc1ccc(-c2nccc(C#N)n2)nc1. The Bertz CT molecular complexity index is 530. The van der Waals surface area contributed by atoms with Gasteiger partial charge in [0.05, 0.1) is 13.3 Å². The highest BCUT2D eigenvalue weighted by Crippen LogP contribution is 2.15. The van der Waals surface area contributed by atoms with E-state index in [2.05, 4.69) is 15.0 Å². The van der Waals surface area contributed by atoms with Crippen LogP contribution in [0.25, 0.3) is 11.5 Å². The van der Waals surface area contributed by atoms with E-state index in [4.69, 9.17) is 10.00 Å². The van der Waals surface area contributed by atoms with Crippen molar-refractivity contribution in [3.63, 3.8) is 0 Å². The number of nitriles is 1. The quantitative estimate of drug-likeness (QED) is 0.752. The van der Waals surface area contributed by atoms with Gasteiger partial charge in [-0.15, -0.1) is 0 Å². The van der Waals surface area contributed by atoms with E-state index >= 15 is 0 Å². The zero-order valence-electron chi connectivity index (χ0n) is 8.58. The number of methoxy groups -OCH3 is 1. The second-order valence-corrected chi connectivity index (χ2v) is 2.96. The Morgan fingerprint density at radius 1 is 1.25 bits per heavy atom. The van der Waals surface area contributed by atoms with Crippen molar-refractivity contribution in [3.05, 3.63) is 36.3 Å². The molecule has 0 unspecified atom stereocenters. The van der Waals surface area contributed by atoms with Gasteiger partial charge in [-0.05, 0) is 18.2 Å².